The fourth-order valence-corrected chi connectivity index (χ4v) is 3.37. The minimum Gasteiger partial charge on any atom is -0.466 e. The highest BCUT2D eigenvalue weighted by Gasteiger charge is 2.38. The lowest BCUT2D eigenvalue weighted by molar-refractivity contribution is -0.161. The summed E-state index contributed by atoms with van der Waals surface area (Å²) in [4.78, 5) is 16.0. The number of hydrogen-bond donors (Lipinski definition) is 2. The maximum absolute atomic E-state index is 13.2. The lowest BCUT2D eigenvalue weighted by Gasteiger charge is -2.21. The van der Waals surface area contributed by atoms with Crippen LogP contribution in [0, 0.1) is 0 Å². The fraction of sp³-hybridized carbons (Fsp3) is 0.250. The van der Waals surface area contributed by atoms with Crippen molar-refractivity contribution in [1.82, 2.24) is 4.98 Å². The normalized spacial score (nSPS) is 12.9. The molecule has 27 heavy (non-hydrogen) atoms. The summed E-state index contributed by atoms with van der Waals surface area (Å²) in [5.41, 5.74) is 2.37. The summed E-state index contributed by atoms with van der Waals surface area (Å²) in [6.45, 7) is 1.58. The van der Waals surface area contributed by atoms with Crippen LogP contribution in [0.3, 0.4) is 0 Å². The molecule has 0 saturated heterocycles. The maximum Gasteiger partial charge on any atom is 0.390 e. The molecule has 3 rings (SSSR count). The van der Waals surface area contributed by atoms with E-state index in [0.29, 0.717) is 16.0 Å². The molecule has 1 heterocycles. The van der Waals surface area contributed by atoms with Gasteiger partial charge in [0.2, 0.25) is 0 Å². The van der Waals surface area contributed by atoms with Crippen molar-refractivity contribution >= 4 is 29.5 Å². The molecule has 1 unspecified atom stereocenters. The van der Waals surface area contributed by atoms with Gasteiger partial charge < -0.3 is 9.72 Å². The van der Waals surface area contributed by atoms with Crippen LogP contribution in [-0.2, 0) is 9.53 Å². The van der Waals surface area contributed by atoms with Gasteiger partial charge in [0.1, 0.15) is 0 Å². The molecule has 0 radical (unpaired) electrons. The third kappa shape index (κ3) is 4.30. The number of halogens is 3. The second-order valence-electron chi connectivity index (χ2n) is 6.14. The average molecular weight is 393 g/mol. The summed E-state index contributed by atoms with van der Waals surface area (Å²) >= 11 is 4.33. The number of esters is 1. The quantitative estimate of drug-likeness (QED) is 0.430. The van der Waals surface area contributed by atoms with E-state index in [-0.39, 0.29) is 12.2 Å². The standard InChI is InChI=1S/C20H18F3NO2S/c1-2-26-19(25)16(10-20(21,22)23)13-8-7-12(27)9-15(13)17-11-24-18-6-4-3-5-14(17)18/h3-9,11,16,24,27H,2,10H2,1H3. The van der Waals surface area contributed by atoms with Crippen molar-refractivity contribution < 1.29 is 22.7 Å². The number of aromatic amines is 1. The van der Waals surface area contributed by atoms with Crippen molar-refractivity contribution in [3.63, 3.8) is 0 Å². The third-order valence-electron chi connectivity index (χ3n) is 4.30. The Bertz CT molecular complexity index is 965. The van der Waals surface area contributed by atoms with Crippen LogP contribution in [0.4, 0.5) is 13.2 Å². The van der Waals surface area contributed by atoms with E-state index in [2.05, 4.69) is 17.6 Å². The number of carbonyl (C=O) groups excluding carboxylic acids is 1. The second kappa shape index (κ2) is 7.68. The van der Waals surface area contributed by atoms with E-state index < -0.39 is 24.5 Å². The van der Waals surface area contributed by atoms with Crippen molar-refractivity contribution in [1.29, 1.82) is 0 Å². The molecule has 7 heteroatoms. The van der Waals surface area contributed by atoms with Crippen molar-refractivity contribution in [3.05, 3.63) is 54.2 Å². The molecular weight excluding hydrogens is 375 g/mol. The van der Waals surface area contributed by atoms with Crippen LogP contribution in [0.2, 0.25) is 0 Å². The Kier molecular flexibility index (Phi) is 5.51. The minimum absolute atomic E-state index is 0.0141. The Labute approximate surface area is 159 Å². The molecular formula is C20H18F3NO2S. The number of H-pyrrole nitrogens is 1. The Morgan fingerprint density at radius 1 is 1.19 bits per heavy atom. The SMILES string of the molecule is CCOC(=O)C(CC(F)(F)F)c1ccc(S)cc1-c1c[nH]c2ccccc12. The predicted octanol–water partition coefficient (Wildman–Crippen LogP) is 5.72. The first-order valence-corrected chi connectivity index (χ1v) is 8.87. The summed E-state index contributed by atoms with van der Waals surface area (Å²) in [5, 5.41) is 0.854. The minimum atomic E-state index is -4.51. The number of para-hydroxylation sites is 1. The Morgan fingerprint density at radius 3 is 2.63 bits per heavy atom. The number of rotatable bonds is 5. The molecule has 3 aromatic rings. The van der Waals surface area contributed by atoms with Gasteiger partial charge in [0, 0.05) is 27.6 Å². The number of ether oxygens (including phenoxy) is 1. The largest absolute Gasteiger partial charge is 0.466 e. The van der Waals surface area contributed by atoms with Crippen LogP contribution in [0.1, 0.15) is 24.8 Å². The first-order chi connectivity index (χ1) is 12.8. The van der Waals surface area contributed by atoms with E-state index >= 15 is 0 Å². The first kappa shape index (κ1) is 19.4. The number of carbonyl (C=O) groups is 1. The number of thiol groups is 1. The molecule has 3 nitrogen and oxygen atoms in total. The van der Waals surface area contributed by atoms with Gasteiger partial charge in [-0.1, -0.05) is 24.3 Å². The van der Waals surface area contributed by atoms with Crippen LogP contribution in [0.25, 0.3) is 22.0 Å². The molecule has 0 fully saturated rings. The van der Waals surface area contributed by atoms with Gasteiger partial charge in [-0.25, -0.2) is 0 Å². The zero-order valence-electron chi connectivity index (χ0n) is 14.5. The summed E-state index contributed by atoms with van der Waals surface area (Å²) in [5.74, 6) is -2.33. The van der Waals surface area contributed by atoms with E-state index in [0.717, 1.165) is 10.9 Å². The third-order valence-corrected chi connectivity index (χ3v) is 4.58. The van der Waals surface area contributed by atoms with Crippen molar-refractivity contribution in [2.75, 3.05) is 6.61 Å². The van der Waals surface area contributed by atoms with Crippen molar-refractivity contribution in [3.8, 4) is 11.1 Å². The predicted molar refractivity (Wildman–Crippen MR) is 101 cm³/mol. The lowest BCUT2D eigenvalue weighted by atomic mass is 9.88. The lowest BCUT2D eigenvalue weighted by Crippen LogP contribution is -2.23. The number of benzene rings is 2. The van der Waals surface area contributed by atoms with E-state index in [1.54, 1.807) is 25.3 Å². The first-order valence-electron chi connectivity index (χ1n) is 8.43. The number of fused-ring (bicyclic) bond motifs is 1. The maximum atomic E-state index is 13.2. The zero-order chi connectivity index (χ0) is 19.6. The number of aromatic nitrogens is 1. The number of nitrogens with one attached hydrogen (secondary N) is 1. The summed E-state index contributed by atoms with van der Waals surface area (Å²) < 4.78 is 44.4. The Balaban J connectivity index is 2.18. The average Bonchev–Trinajstić information content (AvgIpc) is 3.03. The molecule has 0 bridgehead atoms. The van der Waals surface area contributed by atoms with Crippen LogP contribution in [0.5, 0.6) is 0 Å². The molecule has 0 spiro atoms. The molecule has 0 aliphatic carbocycles. The van der Waals surface area contributed by atoms with E-state index in [1.807, 2.05) is 24.3 Å². The van der Waals surface area contributed by atoms with Crippen molar-refractivity contribution in [2.45, 2.75) is 30.3 Å². The summed E-state index contributed by atoms with van der Waals surface area (Å²) in [6.07, 6.45) is -4.06. The highest BCUT2D eigenvalue weighted by atomic mass is 32.1. The number of hydrogen-bond acceptors (Lipinski definition) is 3. The molecule has 0 saturated carbocycles. The molecule has 0 amide bonds. The van der Waals surface area contributed by atoms with Crippen LogP contribution < -0.4 is 0 Å². The van der Waals surface area contributed by atoms with Crippen LogP contribution in [-0.4, -0.2) is 23.7 Å². The summed E-state index contributed by atoms with van der Waals surface area (Å²) in [6, 6.07) is 12.2. The van der Waals surface area contributed by atoms with Gasteiger partial charge >= 0.3 is 12.1 Å². The Morgan fingerprint density at radius 2 is 1.93 bits per heavy atom. The molecule has 0 aliphatic heterocycles. The van der Waals surface area contributed by atoms with Gasteiger partial charge in [0.25, 0.3) is 0 Å². The zero-order valence-corrected chi connectivity index (χ0v) is 15.4. The molecule has 2 aromatic carbocycles. The van der Waals surface area contributed by atoms with Crippen LogP contribution in [0.15, 0.2) is 53.6 Å². The van der Waals surface area contributed by atoms with E-state index in [4.69, 9.17) is 4.74 Å². The van der Waals surface area contributed by atoms with Gasteiger partial charge in [-0.05, 0) is 36.2 Å². The summed E-state index contributed by atoms with van der Waals surface area (Å²) in [7, 11) is 0. The molecule has 1 aromatic heterocycles. The molecule has 0 aliphatic rings. The van der Waals surface area contributed by atoms with Gasteiger partial charge in [-0.3, -0.25) is 4.79 Å². The monoisotopic (exact) mass is 393 g/mol. The van der Waals surface area contributed by atoms with Gasteiger partial charge in [0.15, 0.2) is 0 Å². The molecule has 142 valence electrons. The van der Waals surface area contributed by atoms with Gasteiger partial charge in [0.05, 0.1) is 18.9 Å². The Hall–Kier alpha value is -2.41. The highest BCUT2D eigenvalue weighted by molar-refractivity contribution is 7.80. The van der Waals surface area contributed by atoms with Crippen molar-refractivity contribution in [2.24, 2.45) is 0 Å². The molecule has 1 N–H and O–H groups in total. The highest BCUT2D eigenvalue weighted by Crippen LogP contribution is 2.40. The molecule has 1 atom stereocenters. The van der Waals surface area contributed by atoms with Gasteiger partial charge in [-0.15, -0.1) is 12.6 Å². The topological polar surface area (TPSA) is 42.1 Å². The second-order valence-corrected chi connectivity index (χ2v) is 6.66. The number of alkyl halides is 3. The van der Waals surface area contributed by atoms with Gasteiger partial charge in [-0.2, -0.15) is 13.2 Å². The van der Waals surface area contributed by atoms with E-state index in [9.17, 15) is 18.0 Å². The fourth-order valence-electron chi connectivity index (χ4n) is 3.17. The van der Waals surface area contributed by atoms with Crippen LogP contribution >= 0.6 is 12.6 Å². The van der Waals surface area contributed by atoms with E-state index in [1.165, 1.54) is 6.07 Å². The smallest absolute Gasteiger partial charge is 0.390 e.